The summed E-state index contributed by atoms with van der Waals surface area (Å²) in [6, 6.07) is 6.32. The van der Waals surface area contributed by atoms with Gasteiger partial charge in [0.1, 0.15) is 0 Å². The second-order valence-electron chi connectivity index (χ2n) is 2.38. The summed E-state index contributed by atoms with van der Waals surface area (Å²) in [5.74, 6) is 0. The predicted octanol–water partition coefficient (Wildman–Crippen LogP) is 3.69. The van der Waals surface area contributed by atoms with Gasteiger partial charge in [-0.3, -0.25) is 0 Å². The van der Waals surface area contributed by atoms with Crippen molar-refractivity contribution in [2.45, 2.75) is 0 Å². The molecule has 0 aliphatic carbocycles. The van der Waals surface area contributed by atoms with Crippen molar-refractivity contribution < 1.29 is 0 Å². The third-order valence-corrected chi connectivity index (χ3v) is 3.97. The number of hydrogen-bond acceptors (Lipinski definition) is 1. The van der Waals surface area contributed by atoms with E-state index in [0.717, 1.165) is 5.56 Å². The Bertz CT molecular complexity index is 389. The third kappa shape index (κ3) is 1.18. The van der Waals surface area contributed by atoms with Gasteiger partial charge < -0.3 is 0 Å². The van der Waals surface area contributed by atoms with Crippen LogP contribution in [0.5, 0.6) is 0 Å². The molecule has 0 fully saturated rings. The Morgan fingerprint density at radius 1 is 1.36 bits per heavy atom. The van der Waals surface area contributed by atoms with Gasteiger partial charge in [-0.25, -0.2) is 0 Å². The fourth-order valence-electron chi connectivity index (χ4n) is 1.08. The third-order valence-electron chi connectivity index (χ3n) is 1.63. The van der Waals surface area contributed by atoms with E-state index in [1.807, 2.05) is 0 Å². The number of halogens is 1. The zero-order valence-corrected chi connectivity index (χ0v) is 8.78. The van der Waals surface area contributed by atoms with Gasteiger partial charge in [-0.05, 0) is 51.9 Å². The molecule has 0 amide bonds. The molecule has 0 saturated heterocycles. The van der Waals surface area contributed by atoms with Crippen LogP contribution < -0.4 is 0 Å². The molecule has 1 radical (unpaired) electrons. The molecule has 55 valence electrons. The Hall–Kier alpha value is -0.0900. The summed E-state index contributed by atoms with van der Waals surface area (Å²) in [6.07, 6.45) is 0. The second kappa shape index (κ2) is 2.75. The van der Waals surface area contributed by atoms with Crippen LogP contribution in [0.1, 0.15) is 5.56 Å². The van der Waals surface area contributed by atoms with Crippen LogP contribution in [-0.2, 0) is 0 Å². The van der Waals surface area contributed by atoms with Gasteiger partial charge >= 0.3 is 0 Å². The highest BCUT2D eigenvalue weighted by Gasteiger charge is 2.01. The number of benzene rings is 1. The van der Waals surface area contributed by atoms with E-state index in [1.54, 1.807) is 11.3 Å². The van der Waals surface area contributed by atoms with Crippen LogP contribution in [0.2, 0.25) is 0 Å². The normalized spacial score (nSPS) is 10.7. The second-order valence-corrected chi connectivity index (χ2v) is 4.42. The van der Waals surface area contributed by atoms with E-state index in [0.29, 0.717) is 0 Å². The van der Waals surface area contributed by atoms with Gasteiger partial charge in [-0.2, -0.15) is 0 Å². The molecule has 1 heterocycles. The Morgan fingerprint density at radius 3 is 2.91 bits per heavy atom. The minimum atomic E-state index is 1.14. The fraction of sp³-hybridized carbons (Fsp3) is 0. The molecular formula is C9H6IS. The maximum absolute atomic E-state index is 3.96. The van der Waals surface area contributed by atoms with Gasteiger partial charge in [0.25, 0.3) is 0 Å². The minimum Gasteiger partial charge on any atom is -0.142 e. The van der Waals surface area contributed by atoms with Crippen molar-refractivity contribution in [2.75, 3.05) is 0 Å². The number of rotatable bonds is 0. The summed E-state index contributed by atoms with van der Waals surface area (Å²) >= 11 is 4.12. The zero-order chi connectivity index (χ0) is 7.84. The van der Waals surface area contributed by atoms with Gasteiger partial charge in [-0.1, -0.05) is 12.1 Å². The van der Waals surface area contributed by atoms with Crippen molar-refractivity contribution in [3.63, 3.8) is 0 Å². The SMILES string of the molecule is [CH2]c1csc2c(I)cccc12. The zero-order valence-electron chi connectivity index (χ0n) is 5.80. The molecule has 0 bridgehead atoms. The molecule has 2 aromatic rings. The minimum absolute atomic E-state index is 1.14. The van der Waals surface area contributed by atoms with E-state index in [4.69, 9.17) is 0 Å². The topological polar surface area (TPSA) is 0 Å². The first-order valence-corrected chi connectivity index (χ1v) is 5.22. The lowest BCUT2D eigenvalue weighted by atomic mass is 10.2. The summed E-state index contributed by atoms with van der Waals surface area (Å²) in [5, 5.41) is 3.40. The molecule has 11 heavy (non-hydrogen) atoms. The summed E-state index contributed by atoms with van der Waals surface area (Å²) in [6.45, 7) is 3.96. The standard InChI is InChI=1S/C9H6IS/c1-6-5-11-9-7(6)3-2-4-8(9)10/h2-5H,1H2. The van der Waals surface area contributed by atoms with Gasteiger partial charge in [0.15, 0.2) is 0 Å². The van der Waals surface area contributed by atoms with Crippen LogP contribution in [0.25, 0.3) is 10.1 Å². The van der Waals surface area contributed by atoms with Crippen LogP contribution >= 0.6 is 33.9 Å². The molecule has 2 rings (SSSR count). The van der Waals surface area contributed by atoms with Crippen molar-refractivity contribution >= 4 is 44.0 Å². The smallest absolute Gasteiger partial charge is 0.0479 e. The highest BCUT2D eigenvalue weighted by atomic mass is 127. The van der Waals surface area contributed by atoms with E-state index in [9.17, 15) is 0 Å². The lowest BCUT2D eigenvalue weighted by molar-refractivity contribution is 1.76. The largest absolute Gasteiger partial charge is 0.142 e. The molecule has 0 aliphatic rings. The van der Waals surface area contributed by atoms with Crippen molar-refractivity contribution in [3.8, 4) is 0 Å². The highest BCUT2D eigenvalue weighted by molar-refractivity contribution is 14.1. The van der Waals surface area contributed by atoms with E-state index in [2.05, 4.69) is 53.1 Å². The molecule has 1 aromatic carbocycles. The van der Waals surface area contributed by atoms with E-state index >= 15 is 0 Å². The van der Waals surface area contributed by atoms with Crippen LogP contribution in [0, 0.1) is 10.5 Å². The van der Waals surface area contributed by atoms with Crippen molar-refractivity contribution in [1.29, 1.82) is 0 Å². The molecular weight excluding hydrogens is 267 g/mol. The van der Waals surface area contributed by atoms with Crippen LogP contribution in [0.4, 0.5) is 0 Å². The Balaban J connectivity index is 2.94. The molecule has 0 saturated carbocycles. The van der Waals surface area contributed by atoms with Crippen molar-refractivity contribution in [1.82, 2.24) is 0 Å². The Kier molecular flexibility index (Phi) is 1.89. The molecule has 0 atom stereocenters. The number of thiophene rings is 1. The first kappa shape index (κ1) is 7.55. The molecule has 0 N–H and O–H groups in total. The lowest BCUT2D eigenvalue weighted by Gasteiger charge is -1.92. The van der Waals surface area contributed by atoms with E-state index < -0.39 is 0 Å². The predicted molar refractivity (Wildman–Crippen MR) is 59.0 cm³/mol. The van der Waals surface area contributed by atoms with Crippen molar-refractivity contribution in [2.24, 2.45) is 0 Å². The quantitative estimate of drug-likeness (QED) is 0.642. The van der Waals surface area contributed by atoms with Crippen LogP contribution in [0.15, 0.2) is 23.6 Å². The van der Waals surface area contributed by atoms with Gasteiger partial charge in [0.05, 0.1) is 0 Å². The highest BCUT2D eigenvalue weighted by Crippen LogP contribution is 2.28. The molecule has 0 unspecified atom stereocenters. The number of fused-ring (bicyclic) bond motifs is 1. The summed E-state index contributed by atoms with van der Waals surface area (Å²) < 4.78 is 2.68. The summed E-state index contributed by atoms with van der Waals surface area (Å²) in [7, 11) is 0. The first-order valence-electron chi connectivity index (χ1n) is 3.27. The van der Waals surface area contributed by atoms with Crippen LogP contribution in [0.3, 0.4) is 0 Å². The average Bonchev–Trinajstić information content (AvgIpc) is 2.35. The molecule has 0 nitrogen and oxygen atoms in total. The average molecular weight is 273 g/mol. The lowest BCUT2D eigenvalue weighted by Crippen LogP contribution is -1.70. The molecule has 1 aromatic heterocycles. The summed E-state index contributed by atoms with van der Waals surface area (Å²) in [5.41, 5.74) is 1.14. The molecule has 2 heteroatoms. The Labute approximate surface area is 83.4 Å². The fourth-order valence-corrected chi connectivity index (χ4v) is 2.85. The van der Waals surface area contributed by atoms with Crippen LogP contribution in [-0.4, -0.2) is 0 Å². The number of hydrogen-bond donors (Lipinski definition) is 0. The van der Waals surface area contributed by atoms with Gasteiger partial charge in [0, 0.05) is 8.27 Å². The molecule has 0 aliphatic heterocycles. The summed E-state index contributed by atoms with van der Waals surface area (Å²) in [4.78, 5) is 0. The maximum atomic E-state index is 3.96. The Morgan fingerprint density at radius 2 is 2.18 bits per heavy atom. The van der Waals surface area contributed by atoms with Gasteiger partial charge in [0.2, 0.25) is 0 Å². The maximum Gasteiger partial charge on any atom is 0.0479 e. The van der Waals surface area contributed by atoms with Crippen molar-refractivity contribution in [3.05, 3.63) is 39.6 Å². The molecule has 0 spiro atoms. The van der Waals surface area contributed by atoms with E-state index in [-0.39, 0.29) is 0 Å². The monoisotopic (exact) mass is 273 g/mol. The van der Waals surface area contributed by atoms with E-state index in [1.165, 1.54) is 13.7 Å². The van der Waals surface area contributed by atoms with Gasteiger partial charge in [-0.15, -0.1) is 11.3 Å². The first-order chi connectivity index (χ1) is 5.29.